The van der Waals surface area contributed by atoms with E-state index in [1.54, 1.807) is 30.3 Å². The number of carboxylic acids is 1. The van der Waals surface area contributed by atoms with Crippen LogP contribution in [0.2, 0.25) is 0 Å². The number of carbonyl (C=O) groups is 14. The molecular formula is C59H95N19O16. The SMILES string of the molecule is C[C@@H](O)[C@H](NC(=O)[C@H](Cc1ccccc1)NC(=O)[C@H](CCC(N)=O)NC(=O)CNC(=O)[C@@H]1CCCN1C(=O)CNC(=O)[C@H](CCCCN)NC(=O)[C@@H]1CCCN1C(=O)CNC(=O)[C@H](CCCCN)NC(=O)CN)C(=O)N1CCC[C@H]1C(=O)N[C@@H](CCCN=C(N)N)C(=O)O. The molecule has 0 spiro atoms. The highest BCUT2D eigenvalue weighted by Crippen LogP contribution is 2.22. The quantitative estimate of drug-likeness (QED) is 0.0165. The lowest BCUT2D eigenvalue weighted by Crippen LogP contribution is -2.61. The van der Waals surface area contributed by atoms with Crippen LogP contribution >= 0.6 is 0 Å². The molecular weight excluding hydrogens is 1230 g/mol. The number of aliphatic hydroxyl groups excluding tert-OH is 1. The van der Waals surface area contributed by atoms with Crippen molar-refractivity contribution in [3.05, 3.63) is 35.9 Å². The molecule has 0 bridgehead atoms. The second kappa shape index (κ2) is 40.1. The standard InChI is InChI=1S/C59H95N19O16/c1-34(79)49(57(92)78-28-12-20-43(78)56(91)73-39(58(93)94)17-9-25-66-59(64)65)75-53(88)40(29-35-13-3-2-4-14-35)74-52(87)38(21-22-44(63)80)71-46(82)31-67-54(89)41-18-10-26-76(41)47(83)32-69-51(86)37(16-6-8-24-61)72-55(90)42-19-11-27-77(42)48(84)33-68-50(85)36(15-5-7-23-60)70-45(81)30-62/h2-4,13-14,34,36-43,49,79H,5-12,15-33,60-62H2,1H3,(H2,63,80)(H,67,89)(H,68,85)(H,69,86)(H,70,81)(H,71,82)(H,72,90)(H,73,91)(H,74,87)(H,75,88)(H,93,94)(H4,64,65,66)/t34-,36+,37+,38+,39+,40+,41+,42+,43+,49+/m1/s1. The second-order valence-electron chi connectivity index (χ2n) is 23.2. The van der Waals surface area contributed by atoms with Gasteiger partial charge in [0.2, 0.25) is 76.8 Å². The molecule has 0 aliphatic carbocycles. The zero-order chi connectivity index (χ0) is 69.4. The maximum absolute atomic E-state index is 14.3. The summed E-state index contributed by atoms with van der Waals surface area (Å²) in [5.74, 6) is -11.6. The molecule has 0 unspecified atom stereocenters. The van der Waals surface area contributed by atoms with E-state index in [9.17, 15) is 77.3 Å². The predicted molar refractivity (Wildman–Crippen MR) is 337 cm³/mol. The van der Waals surface area contributed by atoms with E-state index in [2.05, 4.69) is 52.8 Å². The number of likely N-dealkylation sites (tertiary alicyclic amines) is 3. The van der Waals surface area contributed by atoms with Gasteiger partial charge in [0.25, 0.3) is 0 Å². The van der Waals surface area contributed by atoms with Crippen LogP contribution in [0.25, 0.3) is 0 Å². The van der Waals surface area contributed by atoms with Crippen molar-refractivity contribution in [1.82, 2.24) is 62.6 Å². The van der Waals surface area contributed by atoms with E-state index in [-0.39, 0.29) is 96.6 Å². The zero-order valence-electron chi connectivity index (χ0n) is 53.1. The molecule has 35 heteroatoms. The summed E-state index contributed by atoms with van der Waals surface area (Å²) in [4.78, 5) is 195. The molecule has 13 amide bonds. The van der Waals surface area contributed by atoms with Gasteiger partial charge in [-0.1, -0.05) is 30.3 Å². The van der Waals surface area contributed by atoms with Crippen LogP contribution in [-0.2, 0) is 73.5 Å². The lowest BCUT2D eigenvalue weighted by molar-refractivity contribution is -0.146. The Kier molecular flexibility index (Phi) is 33.0. The van der Waals surface area contributed by atoms with Gasteiger partial charge >= 0.3 is 5.97 Å². The summed E-state index contributed by atoms with van der Waals surface area (Å²) in [6, 6.07) is -3.30. The highest BCUT2D eigenvalue weighted by Gasteiger charge is 2.42. The zero-order valence-corrected chi connectivity index (χ0v) is 53.1. The first-order chi connectivity index (χ1) is 44.8. The Morgan fingerprint density at radius 3 is 1.52 bits per heavy atom. The first-order valence-electron chi connectivity index (χ1n) is 31.7. The fourth-order valence-corrected chi connectivity index (χ4v) is 11.1. The summed E-state index contributed by atoms with van der Waals surface area (Å²) in [6.45, 7) is 0.0436. The molecule has 522 valence electrons. The number of hydrogen-bond acceptors (Lipinski definition) is 19. The normalized spacial score (nSPS) is 18.1. The van der Waals surface area contributed by atoms with E-state index in [4.69, 9.17) is 34.4 Å². The average molecular weight is 1330 g/mol. The van der Waals surface area contributed by atoms with Gasteiger partial charge in [0.05, 0.1) is 32.3 Å². The van der Waals surface area contributed by atoms with Gasteiger partial charge in [0, 0.05) is 39.0 Å². The van der Waals surface area contributed by atoms with Gasteiger partial charge in [-0.2, -0.15) is 0 Å². The van der Waals surface area contributed by atoms with E-state index in [0.29, 0.717) is 57.1 Å². The molecule has 3 heterocycles. The van der Waals surface area contributed by atoms with Crippen molar-refractivity contribution in [3.63, 3.8) is 0 Å². The number of nitrogens with zero attached hydrogens (tertiary/aromatic N) is 4. The summed E-state index contributed by atoms with van der Waals surface area (Å²) < 4.78 is 0. The summed E-state index contributed by atoms with van der Waals surface area (Å²) in [7, 11) is 0. The third kappa shape index (κ3) is 25.4. The summed E-state index contributed by atoms with van der Waals surface area (Å²) in [5, 5.41) is 43.4. The number of primary amides is 1. The number of aliphatic carboxylic acids is 1. The number of hydrogen-bond donors (Lipinski definition) is 17. The number of unbranched alkanes of at least 4 members (excludes halogenated alkanes) is 2. The lowest BCUT2D eigenvalue weighted by atomic mass is 10.0. The van der Waals surface area contributed by atoms with Gasteiger partial charge in [-0.05, 0) is 122 Å². The first kappa shape index (κ1) is 77.4. The number of carbonyl (C=O) groups excluding carboxylic acids is 13. The van der Waals surface area contributed by atoms with Crippen LogP contribution in [0, 0.1) is 0 Å². The summed E-state index contributed by atoms with van der Waals surface area (Å²) in [5.41, 5.74) is 33.3. The molecule has 10 atom stereocenters. The third-order valence-corrected chi connectivity index (χ3v) is 16.1. The van der Waals surface area contributed by atoms with E-state index >= 15 is 0 Å². The van der Waals surface area contributed by atoms with Gasteiger partial charge in [-0.3, -0.25) is 67.3 Å². The second-order valence-corrected chi connectivity index (χ2v) is 23.2. The molecule has 3 aliphatic rings. The van der Waals surface area contributed by atoms with E-state index < -0.39 is 176 Å². The number of guanidine groups is 1. The Bertz CT molecular complexity index is 2830. The van der Waals surface area contributed by atoms with Crippen molar-refractivity contribution >= 4 is 88.7 Å². The van der Waals surface area contributed by atoms with E-state index in [0.717, 1.165) is 4.90 Å². The molecule has 1 aromatic carbocycles. The highest BCUT2D eigenvalue weighted by molar-refractivity contribution is 5.99. The molecule has 0 aromatic heterocycles. The average Bonchev–Trinajstić information content (AvgIpc) is 1.61. The lowest BCUT2D eigenvalue weighted by Gasteiger charge is -2.31. The minimum absolute atomic E-state index is 0.00389. The largest absolute Gasteiger partial charge is 0.480 e. The number of aliphatic imine (C=N–C) groups is 1. The van der Waals surface area contributed by atoms with Crippen LogP contribution in [0.1, 0.15) is 115 Å². The maximum Gasteiger partial charge on any atom is 0.326 e. The Balaban J connectivity index is 1.38. The van der Waals surface area contributed by atoms with E-state index in [1.165, 1.54) is 16.7 Å². The molecule has 0 saturated carbocycles. The van der Waals surface area contributed by atoms with Crippen LogP contribution in [0.4, 0.5) is 0 Å². The van der Waals surface area contributed by atoms with Crippen LogP contribution in [-0.4, -0.2) is 240 Å². The Morgan fingerprint density at radius 2 is 1.01 bits per heavy atom. The van der Waals surface area contributed by atoms with Gasteiger partial charge in [-0.25, -0.2) is 4.79 Å². The van der Waals surface area contributed by atoms with Crippen molar-refractivity contribution in [1.29, 1.82) is 0 Å². The molecule has 94 heavy (non-hydrogen) atoms. The number of benzene rings is 1. The molecule has 4 rings (SSSR count). The Hall–Kier alpha value is -9.09. The molecule has 3 aliphatic heterocycles. The van der Waals surface area contributed by atoms with Crippen LogP contribution in [0.15, 0.2) is 35.3 Å². The number of carboxylic acid groups (broad SMARTS) is 1. The fraction of sp³-hybridized carbons (Fsp3) is 0.644. The highest BCUT2D eigenvalue weighted by atomic mass is 16.4. The van der Waals surface area contributed by atoms with Crippen LogP contribution < -0.4 is 82.3 Å². The topological polar surface area (TPSA) is 566 Å². The molecule has 35 nitrogen and oxygen atoms in total. The third-order valence-electron chi connectivity index (χ3n) is 16.1. The Labute approximate surface area is 544 Å². The van der Waals surface area contributed by atoms with Crippen molar-refractivity contribution < 1.29 is 77.3 Å². The van der Waals surface area contributed by atoms with Crippen molar-refractivity contribution in [3.8, 4) is 0 Å². The van der Waals surface area contributed by atoms with Crippen LogP contribution in [0.5, 0.6) is 0 Å². The number of rotatable bonds is 40. The smallest absolute Gasteiger partial charge is 0.326 e. The predicted octanol–water partition coefficient (Wildman–Crippen LogP) is -7.54. The summed E-state index contributed by atoms with van der Waals surface area (Å²) >= 11 is 0. The van der Waals surface area contributed by atoms with Crippen molar-refractivity contribution in [2.75, 3.05) is 65.4 Å². The van der Waals surface area contributed by atoms with Gasteiger partial charge in [0.1, 0.15) is 54.4 Å². The number of nitrogens with one attached hydrogen (secondary N) is 9. The minimum Gasteiger partial charge on any atom is -0.480 e. The Morgan fingerprint density at radius 1 is 0.532 bits per heavy atom. The molecule has 23 N–H and O–H groups in total. The van der Waals surface area contributed by atoms with Gasteiger partial charge in [-0.15, -0.1) is 0 Å². The van der Waals surface area contributed by atoms with E-state index in [1.807, 2.05) is 0 Å². The first-order valence-corrected chi connectivity index (χ1v) is 31.7. The fourth-order valence-electron chi connectivity index (χ4n) is 11.1. The summed E-state index contributed by atoms with van der Waals surface area (Å²) in [6.07, 6.45) is 1.52. The number of amides is 13. The number of aliphatic hydroxyl groups is 1. The van der Waals surface area contributed by atoms with Crippen LogP contribution in [0.3, 0.4) is 0 Å². The van der Waals surface area contributed by atoms with Gasteiger partial charge < -0.3 is 107 Å². The van der Waals surface area contributed by atoms with Gasteiger partial charge in [0.15, 0.2) is 5.96 Å². The molecule has 3 fully saturated rings. The minimum atomic E-state index is -1.70. The molecule has 1 aromatic rings. The monoisotopic (exact) mass is 1330 g/mol. The van der Waals surface area contributed by atoms with Crippen molar-refractivity contribution in [2.24, 2.45) is 39.4 Å². The van der Waals surface area contributed by atoms with Crippen molar-refractivity contribution in [2.45, 2.75) is 177 Å². The molecule has 0 radical (unpaired) electrons. The maximum atomic E-state index is 14.3. The molecule has 3 saturated heterocycles. The number of nitrogens with two attached hydrogens (primary N) is 6.